The van der Waals surface area contributed by atoms with E-state index in [9.17, 15) is 13.2 Å². The normalized spacial score (nSPS) is 28.1. The molecule has 0 aromatic heterocycles. The molecule has 1 aliphatic heterocycles. The van der Waals surface area contributed by atoms with Crippen molar-refractivity contribution in [2.75, 3.05) is 6.61 Å². The van der Waals surface area contributed by atoms with Crippen molar-refractivity contribution in [2.45, 2.75) is 18.7 Å². The largest absolute Gasteiger partial charge is 0.391 e. The summed E-state index contributed by atoms with van der Waals surface area (Å²) in [6.45, 7) is 0.277. The minimum atomic E-state index is -4.04. The van der Waals surface area contributed by atoms with Crippen molar-refractivity contribution in [2.24, 2.45) is 0 Å². The average molecular weight is 126 g/mol. The zero-order valence-electron chi connectivity index (χ0n) is 4.03. The highest BCUT2D eigenvalue weighted by Gasteiger charge is 2.37. The molecule has 1 saturated heterocycles. The SMILES string of the molecule is FC(F)(F)C[C@H]1CO1. The summed E-state index contributed by atoms with van der Waals surface area (Å²) in [6.07, 6.45) is -5.36. The Balaban J connectivity index is 2.16. The number of epoxide rings is 1. The first kappa shape index (κ1) is 5.88. The lowest BCUT2D eigenvalue weighted by atomic mass is 10.3. The molecule has 4 heteroatoms. The standard InChI is InChI=1S/C4H5F3O/c5-4(6,7)1-3-2-8-3/h3H,1-2H2/t3-/m0/s1. The molecular formula is C4H5F3O. The maximum absolute atomic E-state index is 11.3. The molecule has 0 saturated carbocycles. The van der Waals surface area contributed by atoms with Crippen molar-refractivity contribution in [1.29, 1.82) is 0 Å². The van der Waals surface area contributed by atoms with E-state index in [2.05, 4.69) is 4.74 Å². The Morgan fingerprint density at radius 1 is 1.50 bits per heavy atom. The van der Waals surface area contributed by atoms with Gasteiger partial charge in [-0.2, -0.15) is 13.2 Å². The van der Waals surface area contributed by atoms with Crippen LogP contribution in [0.25, 0.3) is 0 Å². The molecule has 48 valence electrons. The Kier molecular flexibility index (Phi) is 1.19. The Morgan fingerprint density at radius 3 is 2.12 bits per heavy atom. The van der Waals surface area contributed by atoms with Crippen LogP contribution in [-0.4, -0.2) is 18.9 Å². The zero-order chi connectivity index (χ0) is 6.20. The Bertz CT molecular complexity index is 83.8. The maximum Gasteiger partial charge on any atom is 0.391 e. The molecule has 0 N–H and O–H groups in total. The first-order chi connectivity index (χ1) is 3.58. The van der Waals surface area contributed by atoms with E-state index in [0.717, 1.165) is 0 Å². The highest BCUT2D eigenvalue weighted by atomic mass is 19.4. The maximum atomic E-state index is 11.3. The van der Waals surface area contributed by atoms with Crippen LogP contribution in [-0.2, 0) is 4.74 Å². The molecule has 1 heterocycles. The van der Waals surface area contributed by atoms with Crippen LogP contribution < -0.4 is 0 Å². The van der Waals surface area contributed by atoms with Crippen molar-refractivity contribution in [3.05, 3.63) is 0 Å². The topological polar surface area (TPSA) is 12.5 Å². The summed E-state index contributed by atoms with van der Waals surface area (Å²) < 4.78 is 38.2. The van der Waals surface area contributed by atoms with Gasteiger partial charge in [-0.1, -0.05) is 0 Å². The summed E-state index contributed by atoms with van der Waals surface area (Å²) in [5.41, 5.74) is 0. The van der Waals surface area contributed by atoms with Crippen LogP contribution >= 0.6 is 0 Å². The van der Waals surface area contributed by atoms with Crippen LogP contribution in [0, 0.1) is 0 Å². The van der Waals surface area contributed by atoms with Gasteiger partial charge in [0.1, 0.15) is 0 Å². The number of ether oxygens (including phenoxy) is 1. The van der Waals surface area contributed by atoms with Crippen LogP contribution in [0.2, 0.25) is 0 Å². The van der Waals surface area contributed by atoms with Crippen molar-refractivity contribution in [3.63, 3.8) is 0 Å². The molecule has 0 aliphatic carbocycles. The van der Waals surface area contributed by atoms with Gasteiger partial charge in [0.15, 0.2) is 0 Å². The van der Waals surface area contributed by atoms with Crippen LogP contribution in [0.3, 0.4) is 0 Å². The number of alkyl halides is 3. The van der Waals surface area contributed by atoms with E-state index in [1.54, 1.807) is 0 Å². The summed E-state index contributed by atoms with van der Waals surface area (Å²) in [4.78, 5) is 0. The minimum Gasteiger partial charge on any atom is -0.373 e. The Morgan fingerprint density at radius 2 is 2.00 bits per heavy atom. The van der Waals surface area contributed by atoms with Crippen molar-refractivity contribution in [3.8, 4) is 0 Å². The second kappa shape index (κ2) is 1.62. The molecule has 0 radical (unpaired) electrons. The first-order valence-electron chi connectivity index (χ1n) is 2.26. The molecule has 0 bridgehead atoms. The lowest BCUT2D eigenvalue weighted by molar-refractivity contribution is -0.137. The smallest absolute Gasteiger partial charge is 0.373 e. The predicted octanol–water partition coefficient (Wildman–Crippen LogP) is 1.34. The van der Waals surface area contributed by atoms with Crippen molar-refractivity contribution in [1.82, 2.24) is 0 Å². The lowest BCUT2D eigenvalue weighted by Gasteiger charge is -2.00. The van der Waals surface area contributed by atoms with Gasteiger partial charge in [-0.05, 0) is 0 Å². The monoisotopic (exact) mass is 126 g/mol. The van der Waals surface area contributed by atoms with Crippen LogP contribution in [0.4, 0.5) is 13.2 Å². The Labute approximate surface area is 44.4 Å². The van der Waals surface area contributed by atoms with Gasteiger partial charge in [0.2, 0.25) is 0 Å². The van der Waals surface area contributed by atoms with Gasteiger partial charge in [0.25, 0.3) is 0 Å². The van der Waals surface area contributed by atoms with Crippen LogP contribution in [0.15, 0.2) is 0 Å². The third-order valence-electron chi connectivity index (χ3n) is 0.861. The van der Waals surface area contributed by atoms with Crippen molar-refractivity contribution >= 4 is 0 Å². The molecule has 0 aromatic rings. The van der Waals surface area contributed by atoms with E-state index in [0.29, 0.717) is 0 Å². The van der Waals surface area contributed by atoms with Gasteiger partial charge in [-0.15, -0.1) is 0 Å². The third-order valence-corrected chi connectivity index (χ3v) is 0.861. The summed E-state index contributed by atoms with van der Waals surface area (Å²) >= 11 is 0. The van der Waals surface area contributed by atoms with E-state index in [4.69, 9.17) is 0 Å². The average Bonchev–Trinajstić information content (AvgIpc) is 2.12. The summed E-state index contributed by atoms with van der Waals surface area (Å²) in [5.74, 6) is 0. The Hall–Kier alpha value is -0.250. The molecule has 1 rings (SSSR count). The number of hydrogen-bond acceptors (Lipinski definition) is 1. The zero-order valence-corrected chi connectivity index (χ0v) is 4.03. The molecule has 0 unspecified atom stereocenters. The van der Waals surface area contributed by atoms with Gasteiger partial charge >= 0.3 is 6.18 Å². The van der Waals surface area contributed by atoms with E-state index in [1.807, 2.05) is 0 Å². The van der Waals surface area contributed by atoms with Gasteiger partial charge in [-0.25, -0.2) is 0 Å². The molecule has 1 atom stereocenters. The molecular weight excluding hydrogens is 121 g/mol. The van der Waals surface area contributed by atoms with Crippen molar-refractivity contribution < 1.29 is 17.9 Å². The van der Waals surface area contributed by atoms with Crippen LogP contribution in [0.1, 0.15) is 6.42 Å². The fourth-order valence-electron chi connectivity index (χ4n) is 0.444. The number of halogens is 3. The molecule has 1 aliphatic rings. The fraction of sp³-hybridized carbons (Fsp3) is 1.00. The molecule has 0 aromatic carbocycles. The quantitative estimate of drug-likeness (QED) is 0.483. The first-order valence-corrected chi connectivity index (χ1v) is 2.26. The van der Waals surface area contributed by atoms with E-state index in [1.165, 1.54) is 0 Å². The van der Waals surface area contributed by atoms with Crippen LogP contribution in [0.5, 0.6) is 0 Å². The van der Waals surface area contributed by atoms with Gasteiger partial charge in [-0.3, -0.25) is 0 Å². The van der Waals surface area contributed by atoms with Gasteiger partial charge in [0.05, 0.1) is 19.1 Å². The van der Waals surface area contributed by atoms with E-state index < -0.39 is 18.7 Å². The second-order valence-electron chi connectivity index (χ2n) is 1.77. The lowest BCUT2D eigenvalue weighted by Crippen LogP contribution is -2.10. The minimum absolute atomic E-state index is 0.277. The van der Waals surface area contributed by atoms with E-state index in [-0.39, 0.29) is 6.61 Å². The molecule has 0 amide bonds. The summed E-state index contributed by atoms with van der Waals surface area (Å²) in [7, 11) is 0. The molecule has 8 heavy (non-hydrogen) atoms. The summed E-state index contributed by atoms with van der Waals surface area (Å²) in [6, 6.07) is 0. The fourth-order valence-corrected chi connectivity index (χ4v) is 0.444. The number of hydrogen-bond donors (Lipinski definition) is 0. The predicted molar refractivity (Wildman–Crippen MR) is 20.4 cm³/mol. The highest BCUT2D eigenvalue weighted by Crippen LogP contribution is 2.27. The van der Waals surface area contributed by atoms with Gasteiger partial charge in [0, 0.05) is 0 Å². The third kappa shape index (κ3) is 2.16. The molecule has 1 fully saturated rings. The van der Waals surface area contributed by atoms with Gasteiger partial charge < -0.3 is 4.74 Å². The molecule has 1 nitrogen and oxygen atoms in total. The summed E-state index contributed by atoms with van der Waals surface area (Å²) in [5, 5.41) is 0. The molecule has 0 spiro atoms. The number of rotatable bonds is 1. The van der Waals surface area contributed by atoms with E-state index >= 15 is 0 Å². The second-order valence-corrected chi connectivity index (χ2v) is 1.77. The highest BCUT2D eigenvalue weighted by molar-refractivity contribution is 4.72.